The summed E-state index contributed by atoms with van der Waals surface area (Å²) in [6, 6.07) is 7.92. The number of halogens is 1. The van der Waals surface area contributed by atoms with Crippen molar-refractivity contribution in [2.45, 2.75) is 13.5 Å². The van der Waals surface area contributed by atoms with E-state index in [-0.39, 0.29) is 5.78 Å². The van der Waals surface area contributed by atoms with Crippen molar-refractivity contribution in [2.24, 2.45) is 0 Å². The fourth-order valence-corrected chi connectivity index (χ4v) is 3.33. The minimum Gasteiger partial charge on any atom is -0.488 e. The summed E-state index contributed by atoms with van der Waals surface area (Å²) in [5.41, 5.74) is 2.18. The predicted octanol–water partition coefficient (Wildman–Crippen LogP) is 4.27. The van der Waals surface area contributed by atoms with Crippen LogP contribution >= 0.6 is 27.3 Å². The molecular formula is C13H9BrO2S. The van der Waals surface area contributed by atoms with E-state index in [0.29, 0.717) is 6.61 Å². The number of benzene rings is 1. The molecule has 1 aromatic carbocycles. The lowest BCUT2D eigenvalue weighted by molar-refractivity contribution is 0.102. The molecule has 2 nitrogen and oxygen atoms in total. The van der Waals surface area contributed by atoms with Crippen molar-refractivity contribution in [3.63, 3.8) is 0 Å². The van der Waals surface area contributed by atoms with Crippen LogP contribution in [0.2, 0.25) is 0 Å². The van der Waals surface area contributed by atoms with Gasteiger partial charge in [0.25, 0.3) is 0 Å². The molecule has 1 aliphatic rings. The largest absolute Gasteiger partial charge is 0.488 e. The minimum atomic E-state index is 0.114. The topological polar surface area (TPSA) is 26.3 Å². The Bertz CT molecular complexity index is 616. The molecular weight excluding hydrogens is 300 g/mol. The maximum atomic E-state index is 11.4. The standard InChI is InChI=1S/C13H9BrO2S/c1-7(15)12-4-8-6-16-11-5-9(14)2-3-10(11)13(8)17-12/h2-5H,6H2,1H3. The summed E-state index contributed by atoms with van der Waals surface area (Å²) in [5.74, 6) is 0.992. The van der Waals surface area contributed by atoms with Gasteiger partial charge in [-0.25, -0.2) is 0 Å². The Labute approximate surface area is 111 Å². The molecule has 3 rings (SSSR count). The van der Waals surface area contributed by atoms with Gasteiger partial charge < -0.3 is 4.74 Å². The van der Waals surface area contributed by atoms with Crippen LogP contribution in [0.3, 0.4) is 0 Å². The molecule has 2 aromatic rings. The molecule has 1 aliphatic heterocycles. The number of rotatable bonds is 1. The van der Waals surface area contributed by atoms with Crippen molar-refractivity contribution in [2.75, 3.05) is 0 Å². The Hall–Kier alpha value is -1.13. The Balaban J connectivity index is 2.19. The highest BCUT2D eigenvalue weighted by molar-refractivity contribution is 9.10. The molecule has 0 atom stereocenters. The van der Waals surface area contributed by atoms with Crippen LogP contribution in [0, 0.1) is 0 Å². The molecule has 0 bridgehead atoms. The maximum Gasteiger partial charge on any atom is 0.169 e. The van der Waals surface area contributed by atoms with Crippen LogP contribution in [-0.2, 0) is 6.61 Å². The van der Waals surface area contributed by atoms with Crippen molar-refractivity contribution >= 4 is 33.0 Å². The molecule has 0 aliphatic carbocycles. The van der Waals surface area contributed by atoms with Gasteiger partial charge in [-0.1, -0.05) is 15.9 Å². The third kappa shape index (κ3) is 1.81. The van der Waals surface area contributed by atoms with Crippen LogP contribution in [0.25, 0.3) is 10.4 Å². The molecule has 2 heterocycles. The quantitative estimate of drug-likeness (QED) is 0.735. The van der Waals surface area contributed by atoms with Crippen LogP contribution < -0.4 is 4.74 Å². The lowest BCUT2D eigenvalue weighted by Crippen LogP contribution is -2.02. The summed E-state index contributed by atoms with van der Waals surface area (Å²) in [6.07, 6.45) is 0. The van der Waals surface area contributed by atoms with Gasteiger partial charge in [-0.3, -0.25) is 4.79 Å². The molecule has 17 heavy (non-hydrogen) atoms. The molecule has 1 aromatic heterocycles. The molecule has 0 N–H and O–H groups in total. The number of ether oxygens (including phenoxy) is 1. The van der Waals surface area contributed by atoms with E-state index in [1.807, 2.05) is 24.3 Å². The van der Waals surface area contributed by atoms with Gasteiger partial charge in [0, 0.05) is 20.5 Å². The lowest BCUT2D eigenvalue weighted by atomic mass is 10.1. The number of hydrogen-bond donors (Lipinski definition) is 0. The van der Waals surface area contributed by atoms with Crippen molar-refractivity contribution in [1.82, 2.24) is 0 Å². The number of fused-ring (bicyclic) bond motifs is 3. The lowest BCUT2D eigenvalue weighted by Gasteiger charge is -2.17. The van der Waals surface area contributed by atoms with Crippen LogP contribution in [0.1, 0.15) is 22.2 Å². The second-order valence-corrected chi connectivity index (χ2v) is 5.92. The monoisotopic (exact) mass is 308 g/mol. The first kappa shape index (κ1) is 11.0. The fraction of sp³-hybridized carbons (Fsp3) is 0.154. The molecule has 0 spiro atoms. The maximum absolute atomic E-state index is 11.4. The second-order valence-electron chi connectivity index (χ2n) is 3.95. The van der Waals surface area contributed by atoms with Gasteiger partial charge in [0.15, 0.2) is 5.78 Å². The number of carbonyl (C=O) groups excluding carboxylic acids is 1. The predicted molar refractivity (Wildman–Crippen MR) is 71.8 cm³/mol. The minimum absolute atomic E-state index is 0.114. The normalized spacial score (nSPS) is 12.6. The first-order valence-electron chi connectivity index (χ1n) is 5.21. The summed E-state index contributed by atoms with van der Waals surface area (Å²) >= 11 is 4.98. The van der Waals surface area contributed by atoms with E-state index < -0.39 is 0 Å². The van der Waals surface area contributed by atoms with E-state index in [4.69, 9.17) is 4.74 Å². The average Bonchev–Trinajstić information content (AvgIpc) is 2.72. The molecule has 0 saturated carbocycles. The fourth-order valence-electron chi connectivity index (χ4n) is 1.90. The molecule has 0 fully saturated rings. The summed E-state index contributed by atoms with van der Waals surface area (Å²) in [4.78, 5) is 13.3. The van der Waals surface area contributed by atoms with Crippen molar-refractivity contribution in [3.8, 4) is 16.2 Å². The van der Waals surface area contributed by atoms with E-state index in [1.54, 1.807) is 18.3 Å². The van der Waals surface area contributed by atoms with Gasteiger partial charge >= 0.3 is 0 Å². The summed E-state index contributed by atoms with van der Waals surface area (Å²) < 4.78 is 6.69. The van der Waals surface area contributed by atoms with Gasteiger partial charge in [0.05, 0.1) is 4.88 Å². The van der Waals surface area contributed by atoms with E-state index in [0.717, 1.165) is 31.1 Å². The first-order chi connectivity index (χ1) is 8.15. The van der Waals surface area contributed by atoms with Crippen LogP contribution in [-0.4, -0.2) is 5.78 Å². The number of hydrogen-bond acceptors (Lipinski definition) is 3. The molecule has 0 saturated heterocycles. The van der Waals surface area contributed by atoms with E-state index >= 15 is 0 Å². The van der Waals surface area contributed by atoms with Gasteiger partial charge in [-0.05, 0) is 31.2 Å². The first-order valence-corrected chi connectivity index (χ1v) is 6.82. The van der Waals surface area contributed by atoms with E-state index in [9.17, 15) is 4.79 Å². The van der Waals surface area contributed by atoms with Crippen molar-refractivity contribution in [1.29, 1.82) is 0 Å². The summed E-state index contributed by atoms with van der Waals surface area (Å²) in [5, 5.41) is 0. The zero-order valence-electron chi connectivity index (χ0n) is 9.12. The van der Waals surface area contributed by atoms with Crippen LogP contribution in [0.5, 0.6) is 5.75 Å². The van der Waals surface area contributed by atoms with Gasteiger partial charge in [-0.15, -0.1) is 11.3 Å². The molecule has 0 radical (unpaired) electrons. The number of thiophene rings is 1. The zero-order valence-corrected chi connectivity index (χ0v) is 11.5. The van der Waals surface area contributed by atoms with Crippen molar-refractivity contribution in [3.05, 3.63) is 39.2 Å². The second kappa shape index (κ2) is 3.96. The van der Waals surface area contributed by atoms with Gasteiger partial charge in [0.1, 0.15) is 12.4 Å². The van der Waals surface area contributed by atoms with Gasteiger partial charge in [0.2, 0.25) is 0 Å². The van der Waals surface area contributed by atoms with Gasteiger partial charge in [-0.2, -0.15) is 0 Å². The third-order valence-electron chi connectivity index (χ3n) is 2.73. The van der Waals surface area contributed by atoms with Crippen molar-refractivity contribution < 1.29 is 9.53 Å². The molecule has 4 heteroatoms. The highest BCUT2D eigenvalue weighted by Crippen LogP contribution is 2.43. The van der Waals surface area contributed by atoms with Crippen LogP contribution in [0.15, 0.2) is 28.7 Å². The number of carbonyl (C=O) groups is 1. The van der Waals surface area contributed by atoms with Crippen LogP contribution in [0.4, 0.5) is 0 Å². The Morgan fingerprint density at radius 1 is 1.41 bits per heavy atom. The molecule has 86 valence electrons. The SMILES string of the molecule is CC(=O)c1cc2c(s1)-c1ccc(Br)cc1OC2. The molecule has 0 amide bonds. The third-order valence-corrected chi connectivity index (χ3v) is 4.53. The average molecular weight is 309 g/mol. The number of ketones is 1. The highest BCUT2D eigenvalue weighted by atomic mass is 79.9. The molecule has 0 unspecified atom stereocenters. The van der Waals surface area contributed by atoms with E-state index in [1.165, 1.54) is 0 Å². The van der Waals surface area contributed by atoms with E-state index in [2.05, 4.69) is 15.9 Å². The Kier molecular flexibility index (Phi) is 2.56. The smallest absolute Gasteiger partial charge is 0.169 e. The summed E-state index contributed by atoms with van der Waals surface area (Å²) in [6.45, 7) is 2.14. The summed E-state index contributed by atoms with van der Waals surface area (Å²) in [7, 11) is 0. The number of Topliss-reactive ketones (excluding diaryl/α,β-unsaturated/α-hetero) is 1. The Morgan fingerprint density at radius 3 is 3.00 bits per heavy atom. The highest BCUT2D eigenvalue weighted by Gasteiger charge is 2.21. The zero-order chi connectivity index (χ0) is 12.0. The Morgan fingerprint density at radius 2 is 2.24 bits per heavy atom.